The highest BCUT2D eigenvalue weighted by Crippen LogP contribution is 2.40. The fourth-order valence-electron chi connectivity index (χ4n) is 3.17. The molecule has 0 radical (unpaired) electrons. The van der Waals surface area contributed by atoms with Crippen LogP contribution in [0.25, 0.3) is 0 Å². The molecule has 0 aromatic rings. The van der Waals surface area contributed by atoms with Crippen LogP contribution >= 0.6 is 0 Å². The number of hydrogen-bond acceptors (Lipinski definition) is 2. The topological polar surface area (TPSA) is 26.3 Å². The van der Waals surface area contributed by atoms with Crippen molar-refractivity contribution in [3.8, 4) is 0 Å². The molecule has 0 aromatic heterocycles. The molecule has 0 fully saturated rings. The van der Waals surface area contributed by atoms with Gasteiger partial charge in [-0.05, 0) is 77.9 Å². The molecule has 150 valence electrons. The van der Waals surface area contributed by atoms with E-state index in [1.165, 1.54) is 36.0 Å². The monoisotopic (exact) mass is 370 g/mol. The Kier molecular flexibility index (Phi) is 8.53. The summed E-state index contributed by atoms with van der Waals surface area (Å²) < 4.78 is 5.26. The molecule has 1 aliphatic rings. The number of hydrogen-bond donors (Lipinski definition) is 0. The summed E-state index contributed by atoms with van der Waals surface area (Å²) >= 11 is 0. The van der Waals surface area contributed by atoms with E-state index in [1.54, 1.807) is 0 Å². The first kappa shape index (κ1) is 23.2. The number of allylic oxidation sites excluding steroid dienone is 9. The highest BCUT2D eigenvalue weighted by atomic mass is 16.5. The highest BCUT2D eigenvalue weighted by molar-refractivity contribution is 5.75. The Bertz CT molecular complexity index is 674. The average Bonchev–Trinajstić information content (AvgIpc) is 2.52. The second-order valence-electron chi connectivity index (χ2n) is 9.33. The molecule has 1 aliphatic carbocycles. The van der Waals surface area contributed by atoms with Gasteiger partial charge in [0.2, 0.25) is 0 Å². The Balaban J connectivity index is 2.62. The predicted octanol–water partition coefficient (Wildman–Crippen LogP) is 7.11. The van der Waals surface area contributed by atoms with Crippen LogP contribution in [-0.4, -0.2) is 12.6 Å². The summed E-state index contributed by atoms with van der Waals surface area (Å²) in [6.45, 7) is 17.0. The maximum Gasteiger partial charge on any atom is 0.311 e. The lowest BCUT2D eigenvalue weighted by Gasteiger charge is -2.32. The maximum absolute atomic E-state index is 11.7. The third kappa shape index (κ3) is 8.15. The van der Waals surface area contributed by atoms with Crippen LogP contribution in [-0.2, 0) is 9.53 Å². The van der Waals surface area contributed by atoms with Crippen molar-refractivity contribution in [3.63, 3.8) is 0 Å². The molecule has 0 bridgehead atoms. The minimum Gasteiger partial charge on any atom is -0.461 e. The van der Waals surface area contributed by atoms with Gasteiger partial charge in [0.1, 0.15) is 6.61 Å². The van der Waals surface area contributed by atoms with Crippen LogP contribution in [0.2, 0.25) is 0 Å². The van der Waals surface area contributed by atoms with Gasteiger partial charge in [-0.2, -0.15) is 0 Å². The summed E-state index contributed by atoms with van der Waals surface area (Å²) in [5.74, 6) is -0.174. The van der Waals surface area contributed by atoms with Crippen molar-refractivity contribution in [2.24, 2.45) is 10.8 Å². The Morgan fingerprint density at radius 2 is 1.81 bits per heavy atom. The molecule has 0 aromatic carbocycles. The van der Waals surface area contributed by atoms with Crippen molar-refractivity contribution in [3.05, 3.63) is 58.7 Å². The van der Waals surface area contributed by atoms with Gasteiger partial charge in [0.25, 0.3) is 0 Å². The van der Waals surface area contributed by atoms with E-state index in [9.17, 15) is 4.79 Å². The SMILES string of the molecule is CC(C=CC1=C(C)CCCC1(C)C)=CC=CC(C)=CCOC(=O)C(C)(C)C. The summed E-state index contributed by atoms with van der Waals surface area (Å²) in [6.07, 6.45) is 16.4. The van der Waals surface area contributed by atoms with Gasteiger partial charge in [-0.15, -0.1) is 0 Å². The van der Waals surface area contributed by atoms with Crippen molar-refractivity contribution >= 4 is 5.97 Å². The van der Waals surface area contributed by atoms with Gasteiger partial charge in [0, 0.05) is 0 Å². The first-order chi connectivity index (χ1) is 12.4. The molecule has 2 nitrogen and oxygen atoms in total. The lowest BCUT2D eigenvalue weighted by molar-refractivity contribution is -0.151. The Morgan fingerprint density at radius 3 is 2.41 bits per heavy atom. The second kappa shape index (κ2) is 9.92. The first-order valence-electron chi connectivity index (χ1n) is 10.0. The number of esters is 1. The smallest absolute Gasteiger partial charge is 0.311 e. The molecule has 0 saturated carbocycles. The van der Waals surface area contributed by atoms with Crippen LogP contribution in [0.4, 0.5) is 0 Å². The summed E-state index contributed by atoms with van der Waals surface area (Å²) in [5.41, 5.74) is 5.14. The third-order valence-electron chi connectivity index (χ3n) is 5.01. The minimum atomic E-state index is -0.454. The van der Waals surface area contributed by atoms with E-state index in [4.69, 9.17) is 4.74 Å². The quantitative estimate of drug-likeness (QED) is 0.368. The molecule has 0 aliphatic heterocycles. The summed E-state index contributed by atoms with van der Waals surface area (Å²) in [6, 6.07) is 0. The Morgan fingerprint density at radius 1 is 1.15 bits per heavy atom. The zero-order chi connectivity index (χ0) is 20.7. The number of carbonyl (C=O) groups excluding carboxylic acids is 1. The molecule has 0 atom stereocenters. The van der Waals surface area contributed by atoms with Gasteiger partial charge >= 0.3 is 5.97 Å². The molecule has 0 saturated heterocycles. The number of carbonyl (C=O) groups is 1. The molecular formula is C25H38O2. The van der Waals surface area contributed by atoms with Crippen LogP contribution in [0, 0.1) is 10.8 Å². The van der Waals surface area contributed by atoms with E-state index in [2.05, 4.69) is 45.9 Å². The van der Waals surface area contributed by atoms with E-state index in [0.717, 1.165) is 5.57 Å². The largest absolute Gasteiger partial charge is 0.461 e. The van der Waals surface area contributed by atoms with Crippen LogP contribution in [0.5, 0.6) is 0 Å². The second-order valence-corrected chi connectivity index (χ2v) is 9.33. The summed E-state index contributed by atoms with van der Waals surface area (Å²) in [7, 11) is 0. The fraction of sp³-hybridized carbons (Fsp3) is 0.560. The van der Waals surface area contributed by atoms with Crippen molar-refractivity contribution < 1.29 is 9.53 Å². The normalized spacial score (nSPS) is 19.3. The van der Waals surface area contributed by atoms with Gasteiger partial charge in [-0.25, -0.2) is 0 Å². The van der Waals surface area contributed by atoms with Crippen LogP contribution in [0.15, 0.2) is 58.7 Å². The molecule has 0 unspecified atom stereocenters. The number of rotatable bonds is 6. The van der Waals surface area contributed by atoms with Gasteiger partial charge in [-0.3, -0.25) is 4.79 Å². The zero-order valence-corrected chi connectivity index (χ0v) is 18.6. The predicted molar refractivity (Wildman–Crippen MR) is 117 cm³/mol. The minimum absolute atomic E-state index is 0.174. The molecule has 0 amide bonds. The molecular weight excluding hydrogens is 332 g/mol. The van der Waals surface area contributed by atoms with Crippen molar-refractivity contribution in [1.82, 2.24) is 0 Å². The molecule has 0 heterocycles. The van der Waals surface area contributed by atoms with Crippen molar-refractivity contribution in [1.29, 1.82) is 0 Å². The lowest BCUT2D eigenvalue weighted by Crippen LogP contribution is -2.22. The van der Waals surface area contributed by atoms with E-state index in [1.807, 2.05) is 45.9 Å². The van der Waals surface area contributed by atoms with Crippen LogP contribution < -0.4 is 0 Å². The lowest BCUT2D eigenvalue weighted by atomic mass is 9.72. The van der Waals surface area contributed by atoms with Gasteiger partial charge in [-0.1, -0.05) is 60.9 Å². The molecule has 1 rings (SSSR count). The van der Waals surface area contributed by atoms with Crippen LogP contribution in [0.1, 0.15) is 74.7 Å². The van der Waals surface area contributed by atoms with E-state index in [0.29, 0.717) is 6.61 Å². The zero-order valence-electron chi connectivity index (χ0n) is 18.6. The van der Waals surface area contributed by atoms with E-state index < -0.39 is 5.41 Å². The molecule has 0 N–H and O–H groups in total. The Labute approximate surface area is 166 Å². The van der Waals surface area contributed by atoms with E-state index >= 15 is 0 Å². The average molecular weight is 371 g/mol. The first-order valence-corrected chi connectivity index (χ1v) is 10.0. The fourth-order valence-corrected chi connectivity index (χ4v) is 3.17. The standard InChI is InChI=1S/C25H38O2/c1-19(14-15-22-21(3)13-10-17-25(22,7)8)11-9-12-20(2)16-18-27-23(26)24(4,5)6/h9,11-12,14-16H,10,13,17-18H2,1-8H3. The van der Waals surface area contributed by atoms with Crippen LogP contribution in [0.3, 0.4) is 0 Å². The van der Waals surface area contributed by atoms with E-state index in [-0.39, 0.29) is 11.4 Å². The summed E-state index contributed by atoms with van der Waals surface area (Å²) in [4.78, 5) is 11.7. The Hall–Kier alpha value is -1.83. The number of ether oxygens (including phenoxy) is 1. The summed E-state index contributed by atoms with van der Waals surface area (Å²) in [5, 5.41) is 0. The molecule has 27 heavy (non-hydrogen) atoms. The van der Waals surface area contributed by atoms with Crippen molar-refractivity contribution in [2.45, 2.75) is 74.7 Å². The van der Waals surface area contributed by atoms with Gasteiger partial charge in [0.05, 0.1) is 5.41 Å². The molecule has 2 heteroatoms. The van der Waals surface area contributed by atoms with Gasteiger partial charge < -0.3 is 4.74 Å². The molecule has 0 spiro atoms. The highest BCUT2D eigenvalue weighted by Gasteiger charge is 2.26. The van der Waals surface area contributed by atoms with Crippen molar-refractivity contribution in [2.75, 3.05) is 6.61 Å². The maximum atomic E-state index is 11.7. The van der Waals surface area contributed by atoms with Gasteiger partial charge in [0.15, 0.2) is 0 Å². The third-order valence-corrected chi connectivity index (χ3v) is 5.01.